The van der Waals surface area contributed by atoms with Crippen molar-refractivity contribution in [3.8, 4) is 5.75 Å². The van der Waals surface area contributed by atoms with Crippen molar-refractivity contribution in [2.45, 2.75) is 17.8 Å². The second-order valence-corrected chi connectivity index (χ2v) is 10.0. The summed E-state index contributed by atoms with van der Waals surface area (Å²) in [5, 5.41) is 1.53. The molecule has 2 aromatic carbocycles. The SMILES string of the molecule is COc1ccccc1N1C(SCc2ccccc2Cl)=N[C@@H]2CS(=O)(=O)C[C@H]21. The number of amidine groups is 1. The lowest BCUT2D eigenvalue weighted by atomic mass is 10.1. The first kappa shape index (κ1) is 18.7. The lowest BCUT2D eigenvalue weighted by Crippen LogP contribution is -2.39. The van der Waals surface area contributed by atoms with E-state index in [-0.39, 0.29) is 23.6 Å². The lowest BCUT2D eigenvalue weighted by molar-refractivity contribution is 0.415. The smallest absolute Gasteiger partial charge is 0.164 e. The van der Waals surface area contributed by atoms with Crippen LogP contribution in [0.5, 0.6) is 5.75 Å². The minimum Gasteiger partial charge on any atom is -0.495 e. The maximum atomic E-state index is 12.2. The van der Waals surface area contributed by atoms with E-state index in [0.717, 1.165) is 21.4 Å². The van der Waals surface area contributed by atoms with E-state index in [2.05, 4.69) is 0 Å². The minimum atomic E-state index is -3.08. The van der Waals surface area contributed by atoms with Crippen LogP contribution in [0.15, 0.2) is 53.5 Å². The van der Waals surface area contributed by atoms with E-state index >= 15 is 0 Å². The molecule has 0 unspecified atom stereocenters. The van der Waals surface area contributed by atoms with Crippen molar-refractivity contribution in [2.24, 2.45) is 4.99 Å². The Morgan fingerprint density at radius 2 is 1.93 bits per heavy atom. The summed E-state index contributed by atoms with van der Waals surface area (Å²) in [5.74, 6) is 1.57. The Balaban J connectivity index is 1.67. The molecule has 1 fully saturated rings. The highest BCUT2D eigenvalue weighted by atomic mass is 35.5. The zero-order valence-electron chi connectivity index (χ0n) is 14.7. The number of para-hydroxylation sites is 2. The first-order valence-electron chi connectivity index (χ1n) is 8.55. The number of hydrogen-bond acceptors (Lipinski definition) is 6. The molecule has 0 saturated carbocycles. The van der Waals surface area contributed by atoms with Crippen molar-refractivity contribution >= 4 is 44.1 Å². The van der Waals surface area contributed by atoms with Crippen LogP contribution in [0.25, 0.3) is 0 Å². The van der Waals surface area contributed by atoms with Gasteiger partial charge in [-0.1, -0.05) is 53.7 Å². The molecule has 0 amide bonds. The van der Waals surface area contributed by atoms with Gasteiger partial charge in [-0.15, -0.1) is 0 Å². The van der Waals surface area contributed by atoms with E-state index in [1.807, 2.05) is 53.4 Å². The van der Waals surface area contributed by atoms with E-state index < -0.39 is 9.84 Å². The summed E-state index contributed by atoms with van der Waals surface area (Å²) >= 11 is 7.85. The number of nitrogens with zero attached hydrogens (tertiary/aromatic N) is 2. The highest BCUT2D eigenvalue weighted by molar-refractivity contribution is 8.13. The second-order valence-electron chi connectivity index (χ2n) is 6.55. The molecular formula is C19H19ClN2O3S2. The first-order chi connectivity index (χ1) is 13.0. The summed E-state index contributed by atoms with van der Waals surface area (Å²) in [5.41, 5.74) is 1.87. The molecule has 0 N–H and O–H groups in total. The molecule has 0 radical (unpaired) electrons. The number of aliphatic imine (C=N–C) groups is 1. The van der Waals surface area contributed by atoms with Crippen LogP contribution in [-0.2, 0) is 15.6 Å². The van der Waals surface area contributed by atoms with Gasteiger partial charge >= 0.3 is 0 Å². The van der Waals surface area contributed by atoms with Crippen LogP contribution >= 0.6 is 23.4 Å². The van der Waals surface area contributed by atoms with Crippen LogP contribution in [0.3, 0.4) is 0 Å². The number of thioether (sulfide) groups is 1. The molecule has 2 aliphatic heterocycles. The topological polar surface area (TPSA) is 59.0 Å². The Labute approximate surface area is 168 Å². The number of ether oxygens (including phenoxy) is 1. The van der Waals surface area contributed by atoms with Crippen LogP contribution in [-0.4, -0.2) is 44.3 Å². The van der Waals surface area contributed by atoms with Crippen LogP contribution in [0.4, 0.5) is 5.69 Å². The van der Waals surface area contributed by atoms with Gasteiger partial charge in [0.05, 0.1) is 36.4 Å². The van der Waals surface area contributed by atoms with Gasteiger partial charge in [0.15, 0.2) is 15.0 Å². The molecular weight excluding hydrogens is 404 g/mol. The number of anilines is 1. The van der Waals surface area contributed by atoms with Crippen molar-refractivity contribution in [1.82, 2.24) is 0 Å². The van der Waals surface area contributed by atoms with Gasteiger partial charge in [0.1, 0.15) is 5.75 Å². The number of rotatable bonds is 4. The van der Waals surface area contributed by atoms with Gasteiger partial charge in [0, 0.05) is 10.8 Å². The molecule has 0 spiro atoms. The summed E-state index contributed by atoms with van der Waals surface area (Å²) in [6.07, 6.45) is 0. The van der Waals surface area contributed by atoms with Gasteiger partial charge in [0.2, 0.25) is 0 Å². The van der Waals surface area contributed by atoms with Gasteiger partial charge in [-0.2, -0.15) is 0 Å². The zero-order valence-corrected chi connectivity index (χ0v) is 17.1. The molecule has 2 aromatic rings. The number of fused-ring (bicyclic) bond motifs is 1. The Morgan fingerprint density at radius 1 is 1.19 bits per heavy atom. The van der Waals surface area contributed by atoms with E-state index in [1.165, 1.54) is 0 Å². The summed E-state index contributed by atoms with van der Waals surface area (Å²) < 4.78 is 29.8. The molecule has 0 aromatic heterocycles. The molecule has 27 heavy (non-hydrogen) atoms. The van der Waals surface area contributed by atoms with Gasteiger partial charge in [-0.05, 0) is 23.8 Å². The molecule has 8 heteroatoms. The monoisotopic (exact) mass is 422 g/mol. The molecule has 4 rings (SSSR count). The Kier molecular flexibility index (Phi) is 5.09. The molecule has 0 bridgehead atoms. The number of benzene rings is 2. The Hall–Kier alpha value is -1.70. The summed E-state index contributed by atoms with van der Waals surface area (Å²) in [6, 6.07) is 14.9. The highest BCUT2D eigenvalue weighted by Crippen LogP contribution is 2.40. The van der Waals surface area contributed by atoms with Crippen LogP contribution in [0.2, 0.25) is 5.02 Å². The second kappa shape index (κ2) is 7.37. The van der Waals surface area contributed by atoms with E-state index in [4.69, 9.17) is 21.3 Å². The lowest BCUT2D eigenvalue weighted by Gasteiger charge is -2.28. The average molecular weight is 423 g/mol. The van der Waals surface area contributed by atoms with Gasteiger partial charge in [-0.3, -0.25) is 4.99 Å². The van der Waals surface area contributed by atoms with E-state index in [9.17, 15) is 8.42 Å². The van der Waals surface area contributed by atoms with Gasteiger partial charge < -0.3 is 9.64 Å². The third-order valence-electron chi connectivity index (χ3n) is 4.77. The zero-order chi connectivity index (χ0) is 19.0. The Bertz CT molecular complexity index is 994. The predicted octanol–water partition coefficient (Wildman–Crippen LogP) is 3.62. The third-order valence-corrected chi connectivity index (χ3v) is 7.85. The molecule has 0 aliphatic carbocycles. The standard InChI is InChI=1S/C19H19ClN2O3S2/c1-25-18-9-5-4-8-16(18)22-17-12-27(23,24)11-15(17)21-19(22)26-10-13-6-2-3-7-14(13)20/h2-9,15,17H,10-12H2,1H3/t15-,17-/m1/s1. The minimum absolute atomic E-state index is 0.0967. The number of methoxy groups -OCH3 is 1. The number of halogens is 1. The number of hydrogen-bond donors (Lipinski definition) is 0. The predicted molar refractivity (Wildman–Crippen MR) is 112 cm³/mol. The fraction of sp³-hybridized carbons (Fsp3) is 0.316. The molecule has 2 atom stereocenters. The van der Waals surface area contributed by atoms with Gasteiger partial charge in [-0.25, -0.2) is 8.42 Å². The summed E-state index contributed by atoms with van der Waals surface area (Å²) in [6.45, 7) is 0. The summed E-state index contributed by atoms with van der Waals surface area (Å²) in [4.78, 5) is 6.77. The number of sulfone groups is 1. The van der Waals surface area contributed by atoms with Crippen LogP contribution in [0.1, 0.15) is 5.56 Å². The molecule has 2 aliphatic rings. The van der Waals surface area contributed by atoms with Crippen molar-refractivity contribution < 1.29 is 13.2 Å². The maximum absolute atomic E-state index is 12.2. The summed E-state index contributed by atoms with van der Waals surface area (Å²) in [7, 11) is -1.47. The highest BCUT2D eigenvalue weighted by Gasteiger charge is 2.47. The molecule has 2 heterocycles. The van der Waals surface area contributed by atoms with Crippen molar-refractivity contribution in [2.75, 3.05) is 23.5 Å². The maximum Gasteiger partial charge on any atom is 0.164 e. The fourth-order valence-electron chi connectivity index (χ4n) is 3.50. The van der Waals surface area contributed by atoms with Crippen LogP contribution in [0, 0.1) is 0 Å². The average Bonchev–Trinajstić information content (AvgIpc) is 3.12. The quantitative estimate of drug-likeness (QED) is 0.753. The molecule has 5 nitrogen and oxygen atoms in total. The first-order valence-corrected chi connectivity index (χ1v) is 11.7. The van der Waals surface area contributed by atoms with Crippen molar-refractivity contribution in [1.29, 1.82) is 0 Å². The fourth-order valence-corrected chi connectivity index (χ4v) is 6.75. The molecule has 1 saturated heterocycles. The van der Waals surface area contributed by atoms with Crippen molar-refractivity contribution in [3.05, 3.63) is 59.1 Å². The molecule has 142 valence electrons. The normalized spacial score (nSPS) is 23.2. The largest absolute Gasteiger partial charge is 0.495 e. The Morgan fingerprint density at radius 3 is 2.70 bits per heavy atom. The van der Waals surface area contributed by atoms with Gasteiger partial charge in [0.25, 0.3) is 0 Å². The van der Waals surface area contributed by atoms with E-state index in [1.54, 1.807) is 18.9 Å². The van der Waals surface area contributed by atoms with Crippen LogP contribution < -0.4 is 9.64 Å². The third kappa shape index (κ3) is 3.68. The van der Waals surface area contributed by atoms with E-state index in [0.29, 0.717) is 11.5 Å². The van der Waals surface area contributed by atoms with Crippen molar-refractivity contribution in [3.63, 3.8) is 0 Å².